The van der Waals surface area contributed by atoms with Crippen molar-refractivity contribution < 1.29 is 9.90 Å². The van der Waals surface area contributed by atoms with Gasteiger partial charge < -0.3 is 10.0 Å². The number of nitrogens with zero attached hydrogens (tertiary/aromatic N) is 3. The van der Waals surface area contributed by atoms with E-state index < -0.39 is 5.97 Å². The van der Waals surface area contributed by atoms with Crippen LogP contribution in [0.1, 0.15) is 33.9 Å². The molecule has 1 aliphatic heterocycles. The first-order valence-corrected chi connectivity index (χ1v) is 6.93. The van der Waals surface area contributed by atoms with Crippen LogP contribution in [0.4, 0.5) is 5.82 Å². The van der Waals surface area contributed by atoms with Gasteiger partial charge in [-0.25, -0.2) is 14.8 Å². The summed E-state index contributed by atoms with van der Waals surface area (Å²) in [7, 11) is 0. The largest absolute Gasteiger partial charge is 0.476 e. The maximum atomic E-state index is 10.8. The van der Waals surface area contributed by atoms with Gasteiger partial charge in [-0.15, -0.1) is 11.3 Å². The Labute approximate surface area is 114 Å². The van der Waals surface area contributed by atoms with Gasteiger partial charge in [-0.3, -0.25) is 0 Å². The molecule has 0 saturated carbocycles. The number of aromatic carboxylic acids is 1. The standard InChI is InChI=1S/C13H13N3O2S/c1-8-9-3-5-19-11(9)2-4-16(8)12-7-14-10(6-15-12)13(17)18/h3,5-8H,2,4H2,1H3,(H,17,18). The molecule has 2 aromatic heterocycles. The van der Waals surface area contributed by atoms with Crippen LogP contribution in [-0.2, 0) is 6.42 Å². The molecular weight excluding hydrogens is 262 g/mol. The van der Waals surface area contributed by atoms with Crippen molar-refractivity contribution in [1.29, 1.82) is 0 Å². The zero-order chi connectivity index (χ0) is 13.4. The van der Waals surface area contributed by atoms with Crippen LogP contribution in [0.25, 0.3) is 0 Å². The minimum atomic E-state index is -1.05. The van der Waals surface area contributed by atoms with E-state index in [9.17, 15) is 4.79 Å². The fourth-order valence-electron chi connectivity index (χ4n) is 2.40. The average Bonchev–Trinajstić information content (AvgIpc) is 2.88. The van der Waals surface area contributed by atoms with Gasteiger partial charge in [0.1, 0.15) is 5.82 Å². The van der Waals surface area contributed by atoms with Crippen LogP contribution in [0.15, 0.2) is 23.8 Å². The first-order chi connectivity index (χ1) is 9.16. The summed E-state index contributed by atoms with van der Waals surface area (Å²) in [5.41, 5.74) is 1.31. The van der Waals surface area contributed by atoms with Crippen LogP contribution in [0.2, 0.25) is 0 Å². The maximum Gasteiger partial charge on any atom is 0.356 e. The SMILES string of the molecule is CC1c2ccsc2CCN1c1cnc(C(=O)O)cn1. The number of carboxylic acid groups (broad SMARTS) is 1. The summed E-state index contributed by atoms with van der Waals surface area (Å²) < 4.78 is 0. The van der Waals surface area contributed by atoms with E-state index in [0.717, 1.165) is 18.8 Å². The van der Waals surface area contributed by atoms with Crippen molar-refractivity contribution in [2.45, 2.75) is 19.4 Å². The Morgan fingerprint density at radius 3 is 3.00 bits per heavy atom. The lowest BCUT2D eigenvalue weighted by Gasteiger charge is -2.34. The molecule has 1 N–H and O–H groups in total. The number of carboxylic acids is 1. The molecule has 0 bridgehead atoms. The van der Waals surface area contributed by atoms with Crippen molar-refractivity contribution in [2.24, 2.45) is 0 Å². The van der Waals surface area contributed by atoms with Gasteiger partial charge in [0.15, 0.2) is 5.69 Å². The molecule has 0 spiro atoms. The predicted molar refractivity (Wildman–Crippen MR) is 72.8 cm³/mol. The van der Waals surface area contributed by atoms with E-state index in [1.807, 2.05) is 0 Å². The molecule has 3 heterocycles. The summed E-state index contributed by atoms with van der Waals surface area (Å²) in [5.74, 6) is -0.319. The number of rotatable bonds is 2. The molecule has 1 atom stereocenters. The van der Waals surface area contributed by atoms with E-state index >= 15 is 0 Å². The quantitative estimate of drug-likeness (QED) is 0.911. The Bertz CT molecular complexity index is 609. The molecule has 0 radical (unpaired) electrons. The number of hydrogen-bond donors (Lipinski definition) is 1. The fraction of sp³-hybridized carbons (Fsp3) is 0.308. The third-order valence-corrected chi connectivity index (χ3v) is 4.43. The highest BCUT2D eigenvalue weighted by Crippen LogP contribution is 2.34. The predicted octanol–water partition coefficient (Wildman–Crippen LogP) is 2.36. The molecular formula is C13H13N3O2S. The smallest absolute Gasteiger partial charge is 0.356 e. The number of carbonyl (C=O) groups is 1. The first kappa shape index (κ1) is 12.1. The molecule has 1 aliphatic rings. The summed E-state index contributed by atoms with van der Waals surface area (Å²) in [6.45, 7) is 3.02. The van der Waals surface area contributed by atoms with Gasteiger partial charge in [0, 0.05) is 11.4 Å². The van der Waals surface area contributed by atoms with Crippen molar-refractivity contribution >= 4 is 23.1 Å². The summed E-state index contributed by atoms with van der Waals surface area (Å²) in [4.78, 5) is 22.5. The van der Waals surface area contributed by atoms with Gasteiger partial charge in [0.2, 0.25) is 0 Å². The summed E-state index contributed by atoms with van der Waals surface area (Å²) >= 11 is 1.79. The topological polar surface area (TPSA) is 66.3 Å². The van der Waals surface area contributed by atoms with Gasteiger partial charge in [-0.2, -0.15) is 0 Å². The highest BCUT2D eigenvalue weighted by Gasteiger charge is 2.25. The third-order valence-electron chi connectivity index (χ3n) is 3.43. The van der Waals surface area contributed by atoms with Gasteiger partial charge in [-0.05, 0) is 30.4 Å². The van der Waals surface area contributed by atoms with Crippen molar-refractivity contribution in [3.8, 4) is 0 Å². The Balaban J connectivity index is 1.89. The zero-order valence-corrected chi connectivity index (χ0v) is 11.2. The van der Waals surface area contributed by atoms with Crippen LogP contribution < -0.4 is 4.90 Å². The van der Waals surface area contributed by atoms with Gasteiger partial charge >= 0.3 is 5.97 Å². The van der Waals surface area contributed by atoms with Crippen LogP contribution in [0.3, 0.4) is 0 Å². The van der Waals surface area contributed by atoms with Crippen LogP contribution >= 0.6 is 11.3 Å². The second-order valence-electron chi connectivity index (χ2n) is 4.48. The van der Waals surface area contributed by atoms with Crippen LogP contribution in [0, 0.1) is 0 Å². The molecule has 0 amide bonds. The van der Waals surface area contributed by atoms with E-state index in [1.54, 1.807) is 11.3 Å². The summed E-state index contributed by atoms with van der Waals surface area (Å²) in [6.07, 6.45) is 3.85. The van der Waals surface area contributed by atoms with Gasteiger partial charge in [0.25, 0.3) is 0 Å². The number of thiophene rings is 1. The first-order valence-electron chi connectivity index (χ1n) is 6.05. The average molecular weight is 275 g/mol. The van der Waals surface area contributed by atoms with Crippen molar-refractivity contribution in [2.75, 3.05) is 11.4 Å². The van der Waals surface area contributed by atoms with E-state index in [0.29, 0.717) is 0 Å². The number of hydrogen-bond acceptors (Lipinski definition) is 5. The monoisotopic (exact) mass is 275 g/mol. The molecule has 6 heteroatoms. The Morgan fingerprint density at radius 2 is 2.32 bits per heavy atom. The fourth-order valence-corrected chi connectivity index (χ4v) is 3.37. The number of anilines is 1. The highest BCUT2D eigenvalue weighted by atomic mass is 32.1. The van der Waals surface area contributed by atoms with E-state index in [4.69, 9.17) is 5.11 Å². The van der Waals surface area contributed by atoms with E-state index in [-0.39, 0.29) is 11.7 Å². The zero-order valence-electron chi connectivity index (χ0n) is 10.4. The second-order valence-corrected chi connectivity index (χ2v) is 5.48. The number of aromatic nitrogens is 2. The number of fused-ring (bicyclic) bond motifs is 1. The van der Waals surface area contributed by atoms with Crippen molar-refractivity contribution in [3.63, 3.8) is 0 Å². The van der Waals surface area contributed by atoms with E-state index in [1.165, 1.54) is 22.8 Å². The minimum absolute atomic E-state index is 0.0235. The third kappa shape index (κ3) is 2.08. The Hall–Kier alpha value is -1.95. The maximum absolute atomic E-state index is 10.8. The molecule has 3 rings (SSSR count). The molecule has 2 aromatic rings. The summed E-state index contributed by atoms with van der Waals surface area (Å²) in [6, 6.07) is 2.40. The molecule has 0 aliphatic carbocycles. The molecule has 5 nitrogen and oxygen atoms in total. The summed E-state index contributed by atoms with van der Waals surface area (Å²) in [5, 5.41) is 10.9. The lowest BCUT2D eigenvalue weighted by Crippen LogP contribution is -2.33. The second kappa shape index (κ2) is 4.62. The normalized spacial score (nSPS) is 18.2. The molecule has 0 fully saturated rings. The van der Waals surface area contributed by atoms with Crippen LogP contribution in [0.5, 0.6) is 0 Å². The van der Waals surface area contributed by atoms with Gasteiger partial charge in [0.05, 0.1) is 18.4 Å². The lowest BCUT2D eigenvalue weighted by molar-refractivity contribution is 0.0690. The van der Waals surface area contributed by atoms with Crippen molar-refractivity contribution in [3.05, 3.63) is 40.0 Å². The lowest BCUT2D eigenvalue weighted by atomic mass is 10.0. The Kier molecular flexibility index (Phi) is 2.94. The molecule has 19 heavy (non-hydrogen) atoms. The highest BCUT2D eigenvalue weighted by molar-refractivity contribution is 7.10. The molecule has 1 unspecified atom stereocenters. The van der Waals surface area contributed by atoms with Crippen LogP contribution in [-0.4, -0.2) is 27.6 Å². The van der Waals surface area contributed by atoms with Crippen molar-refractivity contribution in [1.82, 2.24) is 9.97 Å². The molecule has 98 valence electrons. The van der Waals surface area contributed by atoms with E-state index in [2.05, 4.69) is 33.2 Å². The Morgan fingerprint density at radius 1 is 1.47 bits per heavy atom. The molecule has 0 aromatic carbocycles. The molecule has 0 saturated heterocycles. The minimum Gasteiger partial charge on any atom is -0.476 e. The van der Waals surface area contributed by atoms with Gasteiger partial charge in [-0.1, -0.05) is 0 Å².